The first kappa shape index (κ1) is 17.6. The Hall–Kier alpha value is -2.17. The van der Waals surface area contributed by atoms with E-state index in [-0.39, 0.29) is 17.7 Å². The standard InChI is InChI=1S/C20H26N2O3/c1-15-10-13-21(14-11-15)18(23)9-3-2-6-12-22-19(24)16-7-4-5-8-17(16)20(22)25/h4-5,7-8,15H,2-3,6,9-14H2,1H3. The van der Waals surface area contributed by atoms with Crippen LogP contribution in [0, 0.1) is 5.92 Å². The van der Waals surface area contributed by atoms with E-state index in [1.165, 1.54) is 4.90 Å². The maximum absolute atomic E-state index is 12.3. The van der Waals surface area contributed by atoms with E-state index in [0.29, 0.717) is 24.1 Å². The van der Waals surface area contributed by atoms with E-state index in [2.05, 4.69) is 6.92 Å². The number of carbonyl (C=O) groups excluding carboxylic acids is 3. The molecule has 0 bridgehead atoms. The molecule has 0 radical (unpaired) electrons. The van der Waals surface area contributed by atoms with Crippen molar-refractivity contribution < 1.29 is 14.4 Å². The number of nitrogens with zero attached hydrogens (tertiary/aromatic N) is 2. The quantitative estimate of drug-likeness (QED) is 0.589. The van der Waals surface area contributed by atoms with E-state index in [0.717, 1.165) is 51.1 Å². The zero-order valence-corrected chi connectivity index (χ0v) is 14.9. The van der Waals surface area contributed by atoms with Crippen LogP contribution in [0.5, 0.6) is 0 Å². The fourth-order valence-corrected chi connectivity index (χ4v) is 3.58. The SMILES string of the molecule is CC1CCN(C(=O)CCCCCN2C(=O)c3ccccc3C2=O)CC1. The van der Waals surface area contributed by atoms with Crippen molar-refractivity contribution in [2.45, 2.75) is 45.4 Å². The topological polar surface area (TPSA) is 57.7 Å². The van der Waals surface area contributed by atoms with Crippen LogP contribution in [0.4, 0.5) is 0 Å². The highest BCUT2D eigenvalue weighted by Gasteiger charge is 2.34. The number of carbonyl (C=O) groups is 3. The first-order chi connectivity index (χ1) is 12.1. The highest BCUT2D eigenvalue weighted by molar-refractivity contribution is 6.21. The Labute approximate surface area is 149 Å². The van der Waals surface area contributed by atoms with Gasteiger partial charge in [-0.25, -0.2) is 0 Å². The zero-order chi connectivity index (χ0) is 17.8. The predicted octanol–water partition coefficient (Wildman–Crippen LogP) is 3.10. The molecule has 1 aromatic rings. The summed E-state index contributed by atoms with van der Waals surface area (Å²) in [4.78, 5) is 40.0. The van der Waals surface area contributed by atoms with Gasteiger partial charge in [-0.05, 0) is 43.7 Å². The van der Waals surface area contributed by atoms with Crippen LogP contribution < -0.4 is 0 Å². The Kier molecular flexibility index (Phi) is 5.51. The number of imide groups is 1. The molecule has 0 N–H and O–H groups in total. The molecule has 0 aromatic heterocycles. The monoisotopic (exact) mass is 342 g/mol. The average molecular weight is 342 g/mol. The third-order valence-electron chi connectivity index (χ3n) is 5.29. The predicted molar refractivity (Wildman–Crippen MR) is 95.3 cm³/mol. The van der Waals surface area contributed by atoms with Gasteiger partial charge in [0.15, 0.2) is 0 Å². The molecule has 0 saturated carbocycles. The molecule has 25 heavy (non-hydrogen) atoms. The number of unbranched alkanes of at least 4 members (excludes halogenated alkanes) is 2. The lowest BCUT2D eigenvalue weighted by molar-refractivity contribution is -0.132. The molecule has 134 valence electrons. The largest absolute Gasteiger partial charge is 0.343 e. The average Bonchev–Trinajstić information content (AvgIpc) is 2.87. The van der Waals surface area contributed by atoms with Crippen molar-refractivity contribution in [2.24, 2.45) is 5.92 Å². The van der Waals surface area contributed by atoms with Gasteiger partial charge in [0, 0.05) is 26.1 Å². The van der Waals surface area contributed by atoms with Crippen molar-refractivity contribution in [3.63, 3.8) is 0 Å². The fraction of sp³-hybridized carbons (Fsp3) is 0.550. The summed E-state index contributed by atoms with van der Waals surface area (Å²) >= 11 is 0. The molecule has 0 spiro atoms. The van der Waals surface area contributed by atoms with Crippen molar-refractivity contribution in [2.75, 3.05) is 19.6 Å². The summed E-state index contributed by atoms with van der Waals surface area (Å²) in [7, 11) is 0. The van der Waals surface area contributed by atoms with Crippen LogP contribution in [0.25, 0.3) is 0 Å². The van der Waals surface area contributed by atoms with Gasteiger partial charge in [0.25, 0.3) is 11.8 Å². The number of hydrogen-bond acceptors (Lipinski definition) is 3. The van der Waals surface area contributed by atoms with E-state index in [9.17, 15) is 14.4 Å². The summed E-state index contributed by atoms with van der Waals surface area (Å²) in [6.45, 7) is 4.44. The van der Waals surface area contributed by atoms with Gasteiger partial charge in [-0.15, -0.1) is 0 Å². The molecule has 3 rings (SSSR count). The molecule has 0 unspecified atom stereocenters. The van der Waals surface area contributed by atoms with Crippen LogP contribution in [-0.2, 0) is 4.79 Å². The second-order valence-corrected chi connectivity index (χ2v) is 7.18. The number of hydrogen-bond donors (Lipinski definition) is 0. The Morgan fingerprint density at radius 2 is 1.60 bits per heavy atom. The van der Waals surface area contributed by atoms with Gasteiger partial charge >= 0.3 is 0 Å². The van der Waals surface area contributed by atoms with Gasteiger partial charge in [-0.3, -0.25) is 19.3 Å². The number of piperidine rings is 1. The van der Waals surface area contributed by atoms with Gasteiger partial charge in [-0.1, -0.05) is 25.5 Å². The Morgan fingerprint density at radius 3 is 2.20 bits per heavy atom. The molecule has 1 saturated heterocycles. The highest BCUT2D eigenvalue weighted by Crippen LogP contribution is 2.23. The number of rotatable bonds is 6. The minimum Gasteiger partial charge on any atom is -0.343 e. The molecule has 5 heteroatoms. The third-order valence-corrected chi connectivity index (χ3v) is 5.29. The Bertz CT molecular complexity index is 628. The number of benzene rings is 1. The number of likely N-dealkylation sites (tertiary alicyclic amines) is 1. The lowest BCUT2D eigenvalue weighted by Gasteiger charge is -2.30. The maximum atomic E-state index is 12.3. The van der Waals surface area contributed by atoms with Crippen LogP contribution >= 0.6 is 0 Å². The molecule has 2 heterocycles. The van der Waals surface area contributed by atoms with E-state index in [1.807, 2.05) is 4.90 Å². The second kappa shape index (κ2) is 7.81. The van der Waals surface area contributed by atoms with Gasteiger partial charge in [-0.2, -0.15) is 0 Å². The van der Waals surface area contributed by atoms with Crippen LogP contribution in [0.15, 0.2) is 24.3 Å². The summed E-state index contributed by atoms with van der Waals surface area (Å²) in [5.74, 6) is 0.578. The van der Waals surface area contributed by atoms with Gasteiger partial charge < -0.3 is 4.90 Å². The molecule has 3 amide bonds. The number of amides is 3. The first-order valence-corrected chi connectivity index (χ1v) is 9.31. The van der Waals surface area contributed by atoms with Crippen molar-refractivity contribution in [3.8, 4) is 0 Å². The van der Waals surface area contributed by atoms with Crippen LogP contribution in [0.1, 0.15) is 66.2 Å². The summed E-state index contributed by atoms with van der Waals surface area (Å²) in [5, 5.41) is 0. The minimum absolute atomic E-state index is 0.195. The summed E-state index contributed by atoms with van der Waals surface area (Å²) in [5.41, 5.74) is 1.00. The molecule has 2 aliphatic rings. The smallest absolute Gasteiger partial charge is 0.261 e. The van der Waals surface area contributed by atoms with Crippen molar-refractivity contribution >= 4 is 17.7 Å². The van der Waals surface area contributed by atoms with Crippen LogP contribution in [0.3, 0.4) is 0 Å². The molecule has 1 fully saturated rings. The molecule has 2 aliphatic heterocycles. The highest BCUT2D eigenvalue weighted by atomic mass is 16.2. The molecular formula is C20H26N2O3. The van der Waals surface area contributed by atoms with E-state index in [4.69, 9.17) is 0 Å². The minimum atomic E-state index is -0.195. The van der Waals surface area contributed by atoms with Gasteiger partial charge in [0.1, 0.15) is 0 Å². The molecule has 1 aromatic carbocycles. The Morgan fingerprint density at radius 1 is 1.00 bits per heavy atom. The van der Waals surface area contributed by atoms with Crippen molar-refractivity contribution in [3.05, 3.63) is 35.4 Å². The van der Waals surface area contributed by atoms with Crippen LogP contribution in [-0.4, -0.2) is 47.2 Å². The van der Waals surface area contributed by atoms with E-state index < -0.39 is 0 Å². The summed E-state index contributed by atoms with van der Waals surface area (Å²) in [6, 6.07) is 6.96. The first-order valence-electron chi connectivity index (χ1n) is 9.31. The van der Waals surface area contributed by atoms with E-state index in [1.54, 1.807) is 24.3 Å². The molecular weight excluding hydrogens is 316 g/mol. The lowest BCUT2D eigenvalue weighted by atomic mass is 9.99. The summed E-state index contributed by atoms with van der Waals surface area (Å²) < 4.78 is 0. The maximum Gasteiger partial charge on any atom is 0.261 e. The van der Waals surface area contributed by atoms with Crippen molar-refractivity contribution in [1.82, 2.24) is 9.80 Å². The molecule has 0 aliphatic carbocycles. The van der Waals surface area contributed by atoms with Gasteiger partial charge in [0.05, 0.1) is 11.1 Å². The van der Waals surface area contributed by atoms with Gasteiger partial charge in [0.2, 0.25) is 5.91 Å². The van der Waals surface area contributed by atoms with Crippen LogP contribution in [0.2, 0.25) is 0 Å². The zero-order valence-electron chi connectivity index (χ0n) is 14.9. The van der Waals surface area contributed by atoms with E-state index >= 15 is 0 Å². The lowest BCUT2D eigenvalue weighted by Crippen LogP contribution is -2.37. The Balaban J connectivity index is 1.37. The molecule has 0 atom stereocenters. The molecule has 5 nitrogen and oxygen atoms in total. The fourth-order valence-electron chi connectivity index (χ4n) is 3.58. The normalized spacial score (nSPS) is 18.0. The third kappa shape index (κ3) is 3.91. The number of fused-ring (bicyclic) bond motifs is 1. The van der Waals surface area contributed by atoms with Crippen molar-refractivity contribution in [1.29, 1.82) is 0 Å². The summed E-state index contributed by atoms with van der Waals surface area (Å²) in [6.07, 6.45) is 5.18. The second-order valence-electron chi connectivity index (χ2n) is 7.18.